The molecule has 0 saturated carbocycles. The predicted molar refractivity (Wildman–Crippen MR) is 53.1 cm³/mol. The molecular weight excluding hydrogens is 216 g/mol. The van der Waals surface area contributed by atoms with Gasteiger partial charge in [-0.25, -0.2) is 8.42 Å². The number of nitriles is 1. The van der Waals surface area contributed by atoms with Crippen LogP contribution in [0, 0.1) is 11.5 Å². The van der Waals surface area contributed by atoms with Gasteiger partial charge in [-0.05, 0) is 12.1 Å². The van der Waals surface area contributed by atoms with E-state index >= 15 is 0 Å². The fraction of sp³-hybridized carbons (Fsp3) is 0.111. The average molecular weight is 224 g/mol. The summed E-state index contributed by atoms with van der Waals surface area (Å²) >= 11 is 0. The number of carbonyl (C=O) groups is 1. The van der Waals surface area contributed by atoms with Crippen LogP contribution in [0.25, 0.3) is 0 Å². The Morgan fingerprint density at radius 3 is 2.27 bits per heavy atom. The van der Waals surface area contributed by atoms with Gasteiger partial charge >= 0.3 is 0 Å². The summed E-state index contributed by atoms with van der Waals surface area (Å²) in [5, 5.41) is 8.57. The van der Waals surface area contributed by atoms with Crippen molar-refractivity contribution in [3.63, 3.8) is 0 Å². The first-order valence-electron chi connectivity index (χ1n) is 3.96. The van der Waals surface area contributed by atoms with Crippen LogP contribution in [0.5, 0.6) is 0 Å². The van der Waals surface area contributed by atoms with Crippen molar-refractivity contribution in [3.8, 4) is 6.19 Å². The summed E-state index contributed by atoms with van der Waals surface area (Å²) in [5.74, 6) is -0.847. The predicted octanol–water partition coefficient (Wildman–Crippen LogP) is 0.569. The molecule has 15 heavy (non-hydrogen) atoms. The van der Waals surface area contributed by atoms with Crippen molar-refractivity contribution in [1.29, 1.82) is 5.26 Å². The Morgan fingerprint density at radius 1 is 1.33 bits per heavy atom. The lowest BCUT2D eigenvalue weighted by molar-refractivity contribution is 0.0905. The Bertz CT molecular complexity index is 502. The molecule has 0 fully saturated rings. The summed E-state index contributed by atoms with van der Waals surface area (Å²) in [6.07, 6.45) is 2.14. The van der Waals surface area contributed by atoms with Crippen LogP contribution < -0.4 is 0 Å². The van der Waals surface area contributed by atoms with Crippen LogP contribution in [0.4, 0.5) is 0 Å². The molecular formula is C9H8N2O3S. The van der Waals surface area contributed by atoms with Crippen LogP contribution in [0.2, 0.25) is 0 Å². The van der Waals surface area contributed by atoms with Crippen molar-refractivity contribution in [2.75, 3.05) is 6.26 Å². The summed E-state index contributed by atoms with van der Waals surface area (Å²) in [6, 6.07) is 7.75. The molecule has 1 aromatic carbocycles. The first kappa shape index (κ1) is 11.2. The minimum Gasteiger partial charge on any atom is -0.267 e. The van der Waals surface area contributed by atoms with E-state index < -0.39 is 15.9 Å². The minimum atomic E-state index is -3.84. The number of carbonyl (C=O) groups excluding carboxylic acids is 1. The maximum Gasteiger partial charge on any atom is 0.280 e. The van der Waals surface area contributed by atoms with Crippen molar-refractivity contribution < 1.29 is 13.2 Å². The first-order chi connectivity index (χ1) is 6.96. The van der Waals surface area contributed by atoms with E-state index in [-0.39, 0.29) is 9.87 Å². The number of hydrogen-bond acceptors (Lipinski definition) is 4. The van der Waals surface area contributed by atoms with E-state index in [1.54, 1.807) is 18.2 Å². The SMILES string of the molecule is CS(=O)(=O)N(C#N)C(=O)c1ccccc1. The zero-order chi connectivity index (χ0) is 11.5. The van der Waals surface area contributed by atoms with Crippen LogP contribution in [0.3, 0.4) is 0 Å². The second-order valence-corrected chi connectivity index (χ2v) is 4.63. The monoisotopic (exact) mass is 224 g/mol. The normalized spacial score (nSPS) is 10.4. The van der Waals surface area contributed by atoms with Gasteiger partial charge in [0.1, 0.15) is 0 Å². The van der Waals surface area contributed by atoms with E-state index in [0.29, 0.717) is 0 Å². The highest BCUT2D eigenvalue weighted by atomic mass is 32.2. The van der Waals surface area contributed by atoms with Gasteiger partial charge in [0.25, 0.3) is 5.91 Å². The van der Waals surface area contributed by atoms with Crippen LogP contribution in [0.15, 0.2) is 30.3 Å². The van der Waals surface area contributed by atoms with Crippen molar-refractivity contribution in [1.82, 2.24) is 4.31 Å². The Morgan fingerprint density at radius 2 is 1.87 bits per heavy atom. The largest absolute Gasteiger partial charge is 0.280 e. The minimum absolute atomic E-state index is 0.155. The highest BCUT2D eigenvalue weighted by Crippen LogP contribution is 2.06. The molecule has 1 rings (SSSR count). The zero-order valence-corrected chi connectivity index (χ0v) is 8.73. The lowest BCUT2D eigenvalue weighted by atomic mass is 10.2. The van der Waals surface area contributed by atoms with Gasteiger partial charge in [0, 0.05) is 5.56 Å². The van der Waals surface area contributed by atoms with E-state index in [4.69, 9.17) is 5.26 Å². The third-order valence-electron chi connectivity index (χ3n) is 1.63. The molecule has 0 aromatic heterocycles. The van der Waals surface area contributed by atoms with Gasteiger partial charge in [-0.1, -0.05) is 18.2 Å². The Kier molecular flexibility index (Phi) is 3.07. The number of hydrogen-bond donors (Lipinski definition) is 0. The quantitative estimate of drug-likeness (QED) is 0.543. The molecule has 0 N–H and O–H groups in total. The van der Waals surface area contributed by atoms with E-state index in [2.05, 4.69) is 0 Å². The summed E-state index contributed by atoms with van der Waals surface area (Å²) in [6.45, 7) is 0. The Balaban J connectivity index is 3.11. The van der Waals surface area contributed by atoms with Gasteiger partial charge < -0.3 is 0 Å². The topological polar surface area (TPSA) is 78.2 Å². The second-order valence-electron chi connectivity index (χ2n) is 2.80. The van der Waals surface area contributed by atoms with Crippen LogP contribution in [-0.4, -0.2) is 24.9 Å². The molecule has 1 amide bonds. The van der Waals surface area contributed by atoms with Crippen LogP contribution in [-0.2, 0) is 10.0 Å². The molecule has 0 heterocycles. The summed E-state index contributed by atoms with van der Waals surface area (Å²) < 4.78 is 22.3. The van der Waals surface area contributed by atoms with Gasteiger partial charge in [-0.2, -0.15) is 5.26 Å². The number of sulfonamides is 1. The van der Waals surface area contributed by atoms with Crippen LogP contribution in [0.1, 0.15) is 10.4 Å². The number of benzene rings is 1. The summed E-state index contributed by atoms with van der Waals surface area (Å²) in [7, 11) is -3.84. The fourth-order valence-corrected chi connectivity index (χ4v) is 1.52. The third-order valence-corrected chi connectivity index (χ3v) is 2.54. The molecule has 5 nitrogen and oxygen atoms in total. The molecule has 0 unspecified atom stereocenters. The smallest absolute Gasteiger partial charge is 0.267 e. The number of nitrogens with zero attached hydrogens (tertiary/aromatic N) is 2. The molecule has 0 aliphatic heterocycles. The highest BCUT2D eigenvalue weighted by molar-refractivity contribution is 7.89. The second kappa shape index (κ2) is 4.11. The van der Waals surface area contributed by atoms with Gasteiger partial charge in [0.15, 0.2) is 0 Å². The van der Waals surface area contributed by atoms with Gasteiger partial charge in [-0.15, -0.1) is 4.31 Å². The van der Waals surface area contributed by atoms with E-state index in [1.807, 2.05) is 0 Å². The molecule has 1 aromatic rings. The first-order valence-corrected chi connectivity index (χ1v) is 5.81. The zero-order valence-electron chi connectivity index (χ0n) is 7.91. The molecule has 0 radical (unpaired) electrons. The van der Waals surface area contributed by atoms with Gasteiger partial charge in [0.05, 0.1) is 6.26 Å². The molecule has 0 atom stereocenters. The van der Waals surface area contributed by atoms with E-state index in [0.717, 1.165) is 6.26 Å². The van der Waals surface area contributed by atoms with Crippen molar-refractivity contribution >= 4 is 15.9 Å². The standard InChI is InChI=1S/C9H8N2O3S/c1-15(13,14)11(7-10)9(12)8-5-3-2-4-6-8/h2-6H,1H3. The average Bonchev–Trinajstić information content (AvgIpc) is 2.18. The van der Waals surface area contributed by atoms with Gasteiger partial charge in [-0.3, -0.25) is 4.79 Å². The molecule has 0 saturated heterocycles. The molecule has 6 heteroatoms. The number of amides is 1. The van der Waals surface area contributed by atoms with Crippen molar-refractivity contribution in [2.24, 2.45) is 0 Å². The van der Waals surface area contributed by atoms with Crippen molar-refractivity contribution in [3.05, 3.63) is 35.9 Å². The molecule has 0 aliphatic carbocycles. The molecule has 0 spiro atoms. The van der Waals surface area contributed by atoms with Crippen LogP contribution >= 0.6 is 0 Å². The molecule has 0 aliphatic rings. The maximum absolute atomic E-state index is 11.5. The lowest BCUT2D eigenvalue weighted by Gasteiger charge is -2.10. The van der Waals surface area contributed by atoms with E-state index in [9.17, 15) is 13.2 Å². The molecule has 0 bridgehead atoms. The Labute approximate surface area is 87.6 Å². The summed E-state index contributed by atoms with van der Waals surface area (Å²) in [4.78, 5) is 11.5. The van der Waals surface area contributed by atoms with Crippen molar-refractivity contribution in [2.45, 2.75) is 0 Å². The highest BCUT2D eigenvalue weighted by Gasteiger charge is 2.24. The lowest BCUT2D eigenvalue weighted by Crippen LogP contribution is -2.31. The van der Waals surface area contributed by atoms with Gasteiger partial charge in [0.2, 0.25) is 16.2 Å². The van der Waals surface area contributed by atoms with E-state index in [1.165, 1.54) is 18.3 Å². The summed E-state index contributed by atoms with van der Waals surface area (Å²) in [5.41, 5.74) is 0.157. The maximum atomic E-state index is 11.5. The Hall–Kier alpha value is -1.87. The fourth-order valence-electron chi connectivity index (χ4n) is 0.968. The molecule has 78 valence electrons. The number of rotatable bonds is 2. The third kappa shape index (κ3) is 2.54.